The number of amides is 1. The van der Waals surface area contributed by atoms with Gasteiger partial charge in [0.1, 0.15) is 17.4 Å². The Balaban J connectivity index is 1.54. The van der Waals surface area contributed by atoms with E-state index in [0.29, 0.717) is 17.9 Å². The van der Waals surface area contributed by atoms with Crippen molar-refractivity contribution >= 4 is 29.0 Å². The lowest BCUT2D eigenvalue weighted by molar-refractivity contribution is -0.181. The fraction of sp³-hybridized carbons (Fsp3) is 0.471. The molecule has 49 heavy (non-hydrogen) atoms. The summed E-state index contributed by atoms with van der Waals surface area (Å²) in [5.74, 6) is -11.1. The molecule has 2 aromatic rings. The van der Waals surface area contributed by atoms with Crippen LogP contribution < -0.4 is 27.7 Å². The number of carbonyl (C=O) groups is 5. The Hall–Kier alpha value is -4.56. The van der Waals surface area contributed by atoms with E-state index in [2.05, 4.69) is 4.90 Å². The maximum atomic E-state index is 14.7. The van der Waals surface area contributed by atoms with E-state index in [0.717, 1.165) is 36.4 Å². The number of aliphatic hydroxyl groups excluding tert-OH is 1. The molecule has 10 N–H and O–H groups in total. The minimum absolute atomic E-state index is 0.0272. The van der Waals surface area contributed by atoms with Crippen LogP contribution in [0.5, 0.6) is 11.5 Å². The molecule has 1 amide bonds. The predicted molar refractivity (Wildman–Crippen MR) is 172 cm³/mol. The standard InChI is InChI=1S/C34H39N7O8/c1-40(2)27-25(44)21(30(37)47)28(45)32(14-35)29(46)22-24(43)20-18(26(36)33(22,38)31(48)34(27,32)39)8-7-17(23(20)42)15-6-9-19(49-3)16(12-15)13-41-10-4-5-11-41/h6-9,12,21-22,26-27,31,42,48H,4-5,10-11,13,36,38-39H2,1-3H3,(H2,37,47)/t21?,22?,26-,27+,31-,32-,33+,34-/m0/s1. The van der Waals surface area contributed by atoms with Gasteiger partial charge >= 0.3 is 0 Å². The Bertz CT molecular complexity index is 1870. The molecule has 15 heteroatoms. The van der Waals surface area contributed by atoms with E-state index in [1.54, 1.807) is 25.3 Å². The number of aromatic hydroxyl groups is 1. The number of nitrogens with two attached hydrogens (primary N) is 4. The van der Waals surface area contributed by atoms with Crippen LogP contribution in [-0.2, 0) is 25.7 Å². The van der Waals surface area contributed by atoms with Crippen LogP contribution in [0.3, 0.4) is 0 Å². The zero-order chi connectivity index (χ0) is 36.0. The molecular formula is C34H39N7O8. The van der Waals surface area contributed by atoms with Crippen molar-refractivity contribution in [1.29, 1.82) is 5.26 Å². The van der Waals surface area contributed by atoms with Crippen molar-refractivity contribution in [1.82, 2.24) is 9.80 Å². The minimum atomic E-state index is -3.14. The molecule has 0 radical (unpaired) electrons. The summed E-state index contributed by atoms with van der Waals surface area (Å²) in [7, 11) is 4.21. The van der Waals surface area contributed by atoms with E-state index in [4.69, 9.17) is 27.7 Å². The second-order valence-electron chi connectivity index (χ2n) is 13.7. The lowest BCUT2D eigenvalue weighted by Crippen LogP contribution is -2.92. The van der Waals surface area contributed by atoms with E-state index in [9.17, 15) is 39.4 Å². The Kier molecular flexibility index (Phi) is 8.06. The van der Waals surface area contributed by atoms with E-state index in [-0.39, 0.29) is 16.7 Å². The number of carbonyl (C=O) groups excluding carboxylic acids is 5. The monoisotopic (exact) mass is 673 g/mol. The molecule has 1 saturated heterocycles. The number of phenolic OH excluding ortho intramolecular Hbond substituents is 1. The zero-order valence-corrected chi connectivity index (χ0v) is 27.3. The first-order valence-electron chi connectivity index (χ1n) is 15.9. The van der Waals surface area contributed by atoms with Crippen LogP contribution in [0, 0.1) is 28.6 Å². The average molecular weight is 674 g/mol. The maximum Gasteiger partial charge on any atom is 0.235 e. The molecule has 1 aliphatic heterocycles. The Morgan fingerprint density at radius 1 is 1.10 bits per heavy atom. The summed E-state index contributed by atoms with van der Waals surface area (Å²) in [4.78, 5) is 72.7. The summed E-state index contributed by atoms with van der Waals surface area (Å²) in [6.07, 6.45) is -0.168. The van der Waals surface area contributed by atoms with Gasteiger partial charge in [0, 0.05) is 17.7 Å². The smallest absolute Gasteiger partial charge is 0.235 e. The quantitative estimate of drug-likeness (QED) is 0.191. The molecule has 3 fully saturated rings. The minimum Gasteiger partial charge on any atom is -0.507 e. The van der Waals surface area contributed by atoms with Gasteiger partial charge in [-0.05, 0) is 63.3 Å². The number of ether oxygens (including phenoxy) is 1. The van der Waals surface area contributed by atoms with Gasteiger partial charge in [-0.25, -0.2) is 0 Å². The molecule has 0 aromatic heterocycles. The van der Waals surface area contributed by atoms with E-state index < -0.39 is 81.3 Å². The zero-order valence-electron chi connectivity index (χ0n) is 27.3. The first-order chi connectivity index (χ1) is 23.0. The second kappa shape index (κ2) is 11.5. The van der Waals surface area contributed by atoms with Gasteiger partial charge in [-0.2, -0.15) is 5.26 Å². The van der Waals surface area contributed by atoms with Gasteiger partial charge in [0.25, 0.3) is 0 Å². The molecular weight excluding hydrogens is 634 g/mol. The molecule has 4 aliphatic rings. The summed E-state index contributed by atoms with van der Waals surface area (Å²) in [6.45, 7) is 2.43. The maximum absolute atomic E-state index is 14.7. The number of Topliss-reactive ketones (excluding diaryl/α,β-unsaturated/α-hetero) is 4. The van der Waals surface area contributed by atoms with E-state index in [1.165, 1.54) is 26.2 Å². The third kappa shape index (κ3) is 4.25. The van der Waals surface area contributed by atoms with Crippen LogP contribution in [0.4, 0.5) is 0 Å². The fourth-order valence-corrected chi connectivity index (χ4v) is 8.74. The number of rotatable bonds is 6. The van der Waals surface area contributed by atoms with Crippen LogP contribution in [0.2, 0.25) is 0 Å². The number of nitriles is 1. The molecule has 2 unspecified atom stereocenters. The molecule has 2 aromatic carbocycles. The molecule has 3 aliphatic carbocycles. The molecule has 1 heterocycles. The summed E-state index contributed by atoms with van der Waals surface area (Å²) in [6, 6.07) is 6.42. The first-order valence-corrected chi connectivity index (χ1v) is 15.9. The van der Waals surface area contributed by atoms with E-state index >= 15 is 0 Å². The normalized spacial score (nSPS) is 34.3. The number of primary amides is 1. The number of hydrogen-bond acceptors (Lipinski definition) is 14. The van der Waals surface area contributed by atoms with Crippen molar-refractivity contribution in [2.75, 3.05) is 34.3 Å². The highest BCUT2D eigenvalue weighted by Gasteiger charge is 2.83. The highest BCUT2D eigenvalue weighted by Crippen LogP contribution is 2.58. The first kappa shape index (κ1) is 34.3. The number of nitrogens with zero attached hydrogens (tertiary/aromatic N) is 3. The third-order valence-corrected chi connectivity index (χ3v) is 11.1. The van der Waals surface area contributed by atoms with Crippen LogP contribution in [0.25, 0.3) is 11.1 Å². The SMILES string of the molecule is COc1ccc(-c2ccc3c(c2O)C(=O)C2C(=O)[C@]4(C#N)C(=O)C(C(N)=O)C(=O)[C@@H](N(C)C)[C@]4(N)[C@@H](O)[C@]2(N)[C@H]3N)cc1CN1CCCC1. The Morgan fingerprint density at radius 2 is 1.76 bits per heavy atom. The van der Waals surface area contributed by atoms with Gasteiger partial charge in [-0.15, -0.1) is 0 Å². The van der Waals surface area contributed by atoms with E-state index in [1.807, 2.05) is 6.07 Å². The topological polar surface area (TPSA) is 269 Å². The van der Waals surface area contributed by atoms with Crippen LogP contribution >= 0.6 is 0 Å². The second-order valence-corrected chi connectivity index (χ2v) is 13.7. The Labute approximate surface area is 281 Å². The molecule has 258 valence electrons. The fourth-order valence-electron chi connectivity index (χ4n) is 8.74. The summed E-state index contributed by atoms with van der Waals surface area (Å²) in [5.41, 5.74) is 18.4. The summed E-state index contributed by atoms with van der Waals surface area (Å²) in [5, 5.41) is 34.5. The largest absolute Gasteiger partial charge is 0.507 e. The number of fused-ring (bicyclic) bond motifs is 3. The summed E-state index contributed by atoms with van der Waals surface area (Å²) >= 11 is 0. The number of likely N-dealkylation sites (N-methyl/N-ethyl adjacent to an activating group) is 1. The molecule has 15 nitrogen and oxygen atoms in total. The number of likely N-dealkylation sites (tertiary alicyclic amines) is 1. The van der Waals surface area contributed by atoms with Crippen LogP contribution in [0.1, 0.15) is 40.4 Å². The van der Waals surface area contributed by atoms with Gasteiger partial charge in [0.2, 0.25) is 5.91 Å². The van der Waals surface area contributed by atoms with Gasteiger partial charge in [0.05, 0.1) is 48.0 Å². The highest BCUT2D eigenvalue weighted by molar-refractivity contribution is 6.33. The molecule has 2 saturated carbocycles. The van der Waals surface area contributed by atoms with Crippen molar-refractivity contribution in [3.8, 4) is 28.7 Å². The molecule has 0 bridgehead atoms. The molecule has 8 atom stereocenters. The average Bonchev–Trinajstić information content (AvgIpc) is 3.55. The van der Waals surface area contributed by atoms with Crippen LogP contribution in [0.15, 0.2) is 30.3 Å². The number of hydrogen-bond donors (Lipinski definition) is 6. The van der Waals surface area contributed by atoms with Gasteiger partial charge in [-0.1, -0.05) is 18.2 Å². The van der Waals surface area contributed by atoms with Crippen molar-refractivity contribution < 1.29 is 38.9 Å². The Morgan fingerprint density at radius 3 is 2.33 bits per heavy atom. The van der Waals surface area contributed by atoms with Crippen molar-refractivity contribution in [3.63, 3.8) is 0 Å². The lowest BCUT2D eigenvalue weighted by atomic mass is 9.41. The van der Waals surface area contributed by atoms with Crippen molar-refractivity contribution in [2.45, 2.75) is 48.7 Å². The third-order valence-electron chi connectivity index (χ3n) is 11.1. The highest BCUT2D eigenvalue weighted by atomic mass is 16.5. The number of methoxy groups -OCH3 is 1. The van der Waals surface area contributed by atoms with Crippen molar-refractivity contribution in [2.24, 2.45) is 40.2 Å². The van der Waals surface area contributed by atoms with Gasteiger partial charge < -0.3 is 37.9 Å². The number of ketones is 4. The van der Waals surface area contributed by atoms with Crippen LogP contribution in [-0.4, -0.2) is 107 Å². The number of phenols is 1. The number of benzene rings is 2. The summed E-state index contributed by atoms with van der Waals surface area (Å²) < 4.78 is 5.57. The molecule has 0 spiro atoms. The predicted octanol–water partition coefficient (Wildman–Crippen LogP) is -1.49. The van der Waals surface area contributed by atoms with Gasteiger partial charge in [-0.3, -0.25) is 33.8 Å². The number of aliphatic hydroxyl groups is 1. The van der Waals surface area contributed by atoms with Gasteiger partial charge in [0.15, 0.2) is 34.5 Å². The van der Waals surface area contributed by atoms with Crippen molar-refractivity contribution in [3.05, 3.63) is 47.0 Å². The lowest BCUT2D eigenvalue weighted by Gasteiger charge is -2.64. The molecule has 6 rings (SSSR count).